The van der Waals surface area contributed by atoms with Crippen molar-refractivity contribution in [1.82, 2.24) is 9.29 Å². The number of aromatic nitrogens is 1. The van der Waals surface area contributed by atoms with Crippen molar-refractivity contribution in [3.8, 4) is 5.75 Å². The van der Waals surface area contributed by atoms with Gasteiger partial charge in [0, 0.05) is 32.4 Å². The van der Waals surface area contributed by atoms with Crippen LogP contribution in [0.5, 0.6) is 5.75 Å². The highest BCUT2D eigenvalue weighted by Gasteiger charge is 2.23. The van der Waals surface area contributed by atoms with Gasteiger partial charge >= 0.3 is 0 Å². The van der Waals surface area contributed by atoms with Gasteiger partial charge in [-0.1, -0.05) is 0 Å². The number of hydrogen-bond acceptors (Lipinski definition) is 4. The molecule has 0 bridgehead atoms. The third kappa shape index (κ3) is 2.98. The highest BCUT2D eigenvalue weighted by molar-refractivity contribution is 7.89. The minimum Gasteiger partial charge on any atom is -0.493 e. The molecule has 2 aromatic rings. The Morgan fingerprint density at radius 2 is 2.00 bits per heavy atom. The molecule has 0 amide bonds. The number of likely N-dealkylation sites (N-methyl/N-ethyl adjacent to an activating group) is 1. The molecule has 1 aliphatic rings. The number of nitrogens with zero attached hydrogens (tertiary/aromatic N) is 2. The Morgan fingerprint density at radius 1 is 1.23 bits per heavy atom. The second-order valence-electron chi connectivity index (χ2n) is 5.30. The second-order valence-corrected chi connectivity index (χ2v) is 7.34. The van der Waals surface area contributed by atoms with Crippen molar-refractivity contribution in [2.75, 3.05) is 20.2 Å². The zero-order chi connectivity index (χ0) is 15.6. The lowest BCUT2D eigenvalue weighted by Crippen LogP contribution is -2.29. The van der Waals surface area contributed by atoms with Crippen LogP contribution in [0.25, 0.3) is 0 Å². The summed E-state index contributed by atoms with van der Waals surface area (Å²) in [7, 11) is -1.86. The van der Waals surface area contributed by atoms with Gasteiger partial charge in [0.05, 0.1) is 11.5 Å². The molecule has 1 aromatic carbocycles. The minimum atomic E-state index is -3.47. The Morgan fingerprint density at radius 3 is 2.77 bits per heavy atom. The average Bonchev–Trinajstić information content (AvgIpc) is 3.01. The average molecular weight is 318 g/mol. The third-order valence-electron chi connectivity index (χ3n) is 3.83. The Labute approximate surface area is 130 Å². The summed E-state index contributed by atoms with van der Waals surface area (Å²) >= 11 is 0. The van der Waals surface area contributed by atoms with E-state index < -0.39 is 10.0 Å². The van der Waals surface area contributed by atoms with E-state index in [1.807, 2.05) is 12.1 Å². The Hall–Kier alpha value is -1.92. The lowest BCUT2D eigenvalue weighted by atomic mass is 10.2. The number of pyridine rings is 1. The van der Waals surface area contributed by atoms with Crippen LogP contribution < -0.4 is 4.74 Å². The number of sulfonamides is 1. The van der Waals surface area contributed by atoms with Crippen molar-refractivity contribution in [1.29, 1.82) is 0 Å². The van der Waals surface area contributed by atoms with Crippen LogP contribution >= 0.6 is 0 Å². The summed E-state index contributed by atoms with van der Waals surface area (Å²) in [6, 6.07) is 8.87. The molecule has 0 atom stereocenters. The molecule has 0 saturated carbocycles. The first-order valence-electron chi connectivity index (χ1n) is 7.18. The van der Waals surface area contributed by atoms with Crippen molar-refractivity contribution in [3.05, 3.63) is 53.9 Å². The molecule has 0 spiro atoms. The number of benzene rings is 1. The molecule has 1 aromatic heterocycles. The molecular formula is C16H18N2O3S. The van der Waals surface area contributed by atoms with E-state index >= 15 is 0 Å². The van der Waals surface area contributed by atoms with Gasteiger partial charge in [0.15, 0.2) is 0 Å². The zero-order valence-corrected chi connectivity index (χ0v) is 13.2. The van der Waals surface area contributed by atoms with E-state index in [0.717, 1.165) is 23.3 Å². The quantitative estimate of drug-likeness (QED) is 0.844. The lowest BCUT2D eigenvalue weighted by Gasteiger charge is -2.17. The van der Waals surface area contributed by atoms with Gasteiger partial charge in [0.1, 0.15) is 5.75 Å². The Bertz CT molecular complexity index is 760. The van der Waals surface area contributed by atoms with Crippen LogP contribution in [0.3, 0.4) is 0 Å². The summed E-state index contributed by atoms with van der Waals surface area (Å²) in [4.78, 5) is 4.29. The molecule has 0 aliphatic carbocycles. The monoisotopic (exact) mass is 318 g/mol. The molecule has 0 unspecified atom stereocenters. The predicted octanol–water partition coefficient (Wildman–Crippen LogP) is 1.88. The fourth-order valence-electron chi connectivity index (χ4n) is 2.46. The first-order valence-corrected chi connectivity index (χ1v) is 8.62. The van der Waals surface area contributed by atoms with Crippen molar-refractivity contribution in [2.24, 2.45) is 0 Å². The third-order valence-corrected chi connectivity index (χ3v) is 5.69. The minimum absolute atomic E-state index is 0.328. The van der Waals surface area contributed by atoms with E-state index in [9.17, 15) is 8.42 Å². The Balaban J connectivity index is 1.74. The van der Waals surface area contributed by atoms with Gasteiger partial charge < -0.3 is 4.74 Å². The highest BCUT2D eigenvalue weighted by atomic mass is 32.2. The van der Waals surface area contributed by atoms with Crippen LogP contribution in [0.4, 0.5) is 0 Å². The van der Waals surface area contributed by atoms with Gasteiger partial charge in [-0.3, -0.25) is 4.98 Å². The first kappa shape index (κ1) is 15.0. The summed E-state index contributed by atoms with van der Waals surface area (Å²) in [5.41, 5.74) is 2.03. The molecule has 2 heterocycles. The predicted molar refractivity (Wildman–Crippen MR) is 83.4 cm³/mol. The van der Waals surface area contributed by atoms with Crippen molar-refractivity contribution >= 4 is 10.0 Å². The van der Waals surface area contributed by atoms with E-state index in [4.69, 9.17) is 4.74 Å². The normalized spacial score (nSPS) is 13.9. The second kappa shape index (κ2) is 6.06. The van der Waals surface area contributed by atoms with Crippen LogP contribution in [0.2, 0.25) is 0 Å². The van der Waals surface area contributed by atoms with Gasteiger partial charge in [-0.15, -0.1) is 0 Å². The molecule has 3 rings (SSSR count). The highest BCUT2D eigenvalue weighted by Crippen LogP contribution is 2.28. The summed E-state index contributed by atoms with van der Waals surface area (Å²) in [5.74, 6) is 0.790. The van der Waals surface area contributed by atoms with Gasteiger partial charge in [0.25, 0.3) is 0 Å². The molecule has 1 aliphatic heterocycles. The maximum Gasteiger partial charge on any atom is 0.242 e. The fourth-order valence-corrected chi connectivity index (χ4v) is 3.68. The molecule has 0 radical (unpaired) electrons. The van der Waals surface area contributed by atoms with Gasteiger partial charge in [0.2, 0.25) is 10.0 Å². The van der Waals surface area contributed by atoms with E-state index in [1.54, 1.807) is 37.6 Å². The van der Waals surface area contributed by atoms with Crippen LogP contribution in [0.15, 0.2) is 47.6 Å². The van der Waals surface area contributed by atoms with Crippen LogP contribution in [-0.4, -0.2) is 37.9 Å². The topological polar surface area (TPSA) is 59.5 Å². The zero-order valence-electron chi connectivity index (χ0n) is 12.4. The van der Waals surface area contributed by atoms with Gasteiger partial charge in [-0.25, -0.2) is 12.7 Å². The Kier molecular flexibility index (Phi) is 4.13. The van der Waals surface area contributed by atoms with Crippen molar-refractivity contribution < 1.29 is 13.2 Å². The number of hydrogen-bond donors (Lipinski definition) is 0. The summed E-state index contributed by atoms with van der Waals surface area (Å²) in [6.07, 6.45) is 4.85. The first-order chi connectivity index (χ1) is 10.6. The lowest BCUT2D eigenvalue weighted by molar-refractivity contribution is 0.356. The van der Waals surface area contributed by atoms with E-state index in [0.29, 0.717) is 24.5 Å². The van der Waals surface area contributed by atoms with Crippen LogP contribution in [0, 0.1) is 0 Å². The molecule has 0 N–H and O–H groups in total. The molecule has 22 heavy (non-hydrogen) atoms. The molecular weight excluding hydrogens is 300 g/mol. The fraction of sp³-hybridized carbons (Fsp3) is 0.312. The molecule has 0 fully saturated rings. The van der Waals surface area contributed by atoms with Gasteiger partial charge in [-0.05, 0) is 47.9 Å². The maximum atomic E-state index is 12.6. The maximum absolute atomic E-state index is 12.6. The number of fused-ring (bicyclic) bond motifs is 1. The largest absolute Gasteiger partial charge is 0.493 e. The number of ether oxygens (including phenoxy) is 1. The van der Waals surface area contributed by atoms with Crippen molar-refractivity contribution in [2.45, 2.75) is 17.7 Å². The smallest absolute Gasteiger partial charge is 0.242 e. The molecule has 5 nitrogen and oxygen atoms in total. The number of rotatable bonds is 5. The van der Waals surface area contributed by atoms with Crippen molar-refractivity contribution in [3.63, 3.8) is 0 Å². The van der Waals surface area contributed by atoms with E-state index in [2.05, 4.69) is 4.98 Å². The van der Waals surface area contributed by atoms with E-state index in [1.165, 1.54) is 4.31 Å². The molecule has 116 valence electrons. The van der Waals surface area contributed by atoms with Crippen LogP contribution in [-0.2, 0) is 22.9 Å². The van der Waals surface area contributed by atoms with Gasteiger partial charge in [-0.2, -0.15) is 0 Å². The summed E-state index contributed by atoms with van der Waals surface area (Å²) in [6.45, 7) is 1.05. The SMILES string of the molecule is CN(CCc1ccncc1)S(=O)(=O)c1ccc2c(c1)CCO2. The standard InChI is InChI=1S/C16H18N2O3S/c1-18(10-6-13-4-8-17-9-5-13)22(19,20)15-2-3-16-14(12-15)7-11-21-16/h2-5,8-9,12H,6-7,10-11H2,1H3. The molecule has 6 heteroatoms. The summed E-state index contributed by atoms with van der Waals surface area (Å²) < 4.78 is 32.1. The van der Waals surface area contributed by atoms with E-state index in [-0.39, 0.29) is 0 Å². The molecule has 0 saturated heterocycles. The van der Waals surface area contributed by atoms with Crippen LogP contribution in [0.1, 0.15) is 11.1 Å². The summed E-state index contributed by atoms with van der Waals surface area (Å²) in [5, 5.41) is 0.